The molecule has 0 radical (unpaired) electrons. The molecule has 0 aromatic heterocycles. The van der Waals surface area contributed by atoms with E-state index in [9.17, 15) is 9.59 Å². The summed E-state index contributed by atoms with van der Waals surface area (Å²) in [6, 6.07) is 0. The summed E-state index contributed by atoms with van der Waals surface area (Å²) < 4.78 is 0. The number of carbonyl (C=O) groups excluding carboxylic acids is 2. The van der Waals surface area contributed by atoms with Crippen LogP contribution in [0.4, 0.5) is 0 Å². The lowest BCUT2D eigenvalue weighted by Crippen LogP contribution is -2.44. The largest absolute Gasteiger partial charge is 0.356 e. The number of aliphatic imine (C=N–C) groups is 3. The maximum atomic E-state index is 12.1. The molecule has 1 saturated heterocycles. The summed E-state index contributed by atoms with van der Waals surface area (Å²) in [6.07, 6.45) is 4.05. The molecule has 2 amide bonds. The predicted octanol–water partition coefficient (Wildman–Crippen LogP) is 0.663. The first-order valence-corrected chi connectivity index (χ1v) is 8.49. The molecule has 0 bridgehead atoms. The van der Waals surface area contributed by atoms with Crippen LogP contribution in [-0.2, 0) is 9.59 Å². The zero-order chi connectivity index (χ0) is 15.5. The molecular weight excluding hydrogens is 302 g/mol. The first kappa shape index (κ1) is 15.2. The second-order valence-electron chi connectivity index (χ2n) is 5.54. The van der Waals surface area contributed by atoms with Gasteiger partial charge in [0.25, 0.3) is 5.91 Å². The van der Waals surface area contributed by atoms with E-state index in [1.54, 1.807) is 0 Å². The van der Waals surface area contributed by atoms with Crippen LogP contribution in [0.1, 0.15) is 26.2 Å². The van der Waals surface area contributed by atoms with Crippen LogP contribution in [0.25, 0.3) is 0 Å². The number of hydrogen-bond donors (Lipinski definition) is 1. The third-order valence-corrected chi connectivity index (χ3v) is 5.09. The molecule has 0 saturated carbocycles. The number of likely N-dealkylation sites (tertiary alicyclic amines) is 1. The van der Waals surface area contributed by atoms with Crippen LogP contribution in [0.3, 0.4) is 0 Å². The van der Waals surface area contributed by atoms with Crippen molar-refractivity contribution in [3.63, 3.8) is 0 Å². The summed E-state index contributed by atoms with van der Waals surface area (Å²) in [5, 5.41) is 3.34. The van der Waals surface area contributed by atoms with Gasteiger partial charge in [-0.2, -0.15) is 0 Å². The average molecular weight is 321 g/mol. The second-order valence-corrected chi connectivity index (χ2v) is 6.61. The van der Waals surface area contributed by atoms with Crippen molar-refractivity contribution in [1.82, 2.24) is 10.2 Å². The van der Waals surface area contributed by atoms with E-state index in [0.717, 1.165) is 37.5 Å². The molecule has 3 heterocycles. The van der Waals surface area contributed by atoms with Crippen LogP contribution in [0.15, 0.2) is 15.0 Å². The van der Waals surface area contributed by atoms with Crippen LogP contribution in [0.5, 0.6) is 0 Å². The van der Waals surface area contributed by atoms with Crippen molar-refractivity contribution < 1.29 is 9.59 Å². The lowest BCUT2D eigenvalue weighted by molar-refractivity contribution is -0.126. The Kier molecular flexibility index (Phi) is 4.56. The average Bonchev–Trinajstić information content (AvgIpc) is 2.98. The third kappa shape index (κ3) is 3.06. The summed E-state index contributed by atoms with van der Waals surface area (Å²) in [7, 11) is 0. The first-order chi connectivity index (χ1) is 10.7. The maximum Gasteiger partial charge on any atom is 0.268 e. The standard InChI is InChI=1S/C14H19N5O2S/c1-2-5-15-12(20)9-4-3-6-19(7-9)14-18-11-10(22-14)13(21)17-8-16-11/h8-10H,2-7H2,1H3,(H,15,20). The van der Waals surface area contributed by atoms with Gasteiger partial charge >= 0.3 is 0 Å². The number of nitrogens with zero attached hydrogens (tertiary/aromatic N) is 4. The number of thioether (sulfide) groups is 1. The SMILES string of the molecule is CCCNC(=O)C1CCCN(C2=NC3=NC=NC(=O)C3S2)C1. The molecule has 8 heteroatoms. The summed E-state index contributed by atoms with van der Waals surface area (Å²) in [5.74, 6) is 0.421. The molecule has 0 spiro atoms. The number of amides is 2. The molecule has 3 aliphatic rings. The smallest absolute Gasteiger partial charge is 0.268 e. The van der Waals surface area contributed by atoms with Gasteiger partial charge in [0.2, 0.25) is 5.91 Å². The molecule has 1 N–H and O–H groups in total. The number of carbonyl (C=O) groups is 2. The van der Waals surface area contributed by atoms with Crippen LogP contribution < -0.4 is 5.32 Å². The lowest BCUT2D eigenvalue weighted by atomic mass is 9.97. The molecule has 1 fully saturated rings. The van der Waals surface area contributed by atoms with Crippen molar-refractivity contribution in [2.24, 2.45) is 20.9 Å². The Morgan fingerprint density at radius 2 is 2.41 bits per heavy atom. The Hall–Kier alpha value is -1.70. The highest BCUT2D eigenvalue weighted by Gasteiger charge is 2.38. The van der Waals surface area contributed by atoms with Crippen LogP contribution >= 0.6 is 11.8 Å². The maximum absolute atomic E-state index is 12.1. The fraction of sp³-hybridized carbons (Fsp3) is 0.643. The van der Waals surface area contributed by atoms with Crippen molar-refractivity contribution in [2.45, 2.75) is 31.4 Å². The molecular formula is C14H19N5O2S. The predicted molar refractivity (Wildman–Crippen MR) is 87.3 cm³/mol. The van der Waals surface area contributed by atoms with Gasteiger partial charge in [0.15, 0.2) is 16.3 Å². The number of fused-ring (bicyclic) bond motifs is 1. The van der Waals surface area contributed by atoms with Crippen LogP contribution in [-0.4, -0.2) is 58.9 Å². The van der Waals surface area contributed by atoms with E-state index in [1.165, 1.54) is 18.1 Å². The van der Waals surface area contributed by atoms with Gasteiger partial charge < -0.3 is 10.2 Å². The Labute approximate surface area is 133 Å². The van der Waals surface area contributed by atoms with E-state index < -0.39 is 5.25 Å². The molecule has 3 aliphatic heterocycles. The van der Waals surface area contributed by atoms with Crippen molar-refractivity contribution in [3.8, 4) is 0 Å². The molecule has 0 aromatic carbocycles. The Morgan fingerprint density at radius 1 is 1.55 bits per heavy atom. The van der Waals surface area contributed by atoms with E-state index in [2.05, 4.69) is 25.2 Å². The van der Waals surface area contributed by atoms with Gasteiger partial charge in [-0.25, -0.2) is 15.0 Å². The van der Waals surface area contributed by atoms with E-state index >= 15 is 0 Å². The Bertz CT molecular complexity index is 572. The van der Waals surface area contributed by atoms with Gasteiger partial charge in [-0.1, -0.05) is 18.7 Å². The summed E-state index contributed by atoms with van der Waals surface area (Å²) in [6.45, 7) is 4.27. The molecule has 3 rings (SSSR count). The highest BCUT2D eigenvalue weighted by molar-refractivity contribution is 8.16. The minimum Gasteiger partial charge on any atom is -0.356 e. The molecule has 22 heavy (non-hydrogen) atoms. The Morgan fingerprint density at radius 3 is 3.18 bits per heavy atom. The molecule has 118 valence electrons. The molecule has 0 aliphatic carbocycles. The fourth-order valence-corrected chi connectivity index (χ4v) is 3.77. The third-order valence-electron chi connectivity index (χ3n) is 3.88. The normalized spacial score (nSPS) is 27.3. The number of hydrogen-bond acceptors (Lipinski definition) is 6. The second kappa shape index (κ2) is 6.60. The monoisotopic (exact) mass is 321 g/mol. The summed E-state index contributed by atoms with van der Waals surface area (Å²) in [4.78, 5) is 38.2. The topological polar surface area (TPSA) is 86.5 Å². The van der Waals surface area contributed by atoms with Gasteiger partial charge in [-0.3, -0.25) is 9.59 Å². The quantitative estimate of drug-likeness (QED) is 0.827. The number of piperidine rings is 1. The lowest BCUT2D eigenvalue weighted by Gasteiger charge is -2.32. The van der Waals surface area contributed by atoms with Gasteiger partial charge in [-0.05, 0) is 19.3 Å². The minimum atomic E-state index is -0.408. The minimum absolute atomic E-state index is 0.0138. The number of amidine groups is 2. The number of rotatable bonds is 3. The summed E-state index contributed by atoms with van der Waals surface area (Å²) in [5.41, 5.74) is 0. The molecule has 2 atom stereocenters. The highest BCUT2D eigenvalue weighted by atomic mass is 32.2. The molecule has 7 nitrogen and oxygen atoms in total. The Balaban J connectivity index is 1.65. The van der Waals surface area contributed by atoms with E-state index in [1.807, 2.05) is 6.92 Å². The van der Waals surface area contributed by atoms with Crippen molar-refractivity contribution in [3.05, 3.63) is 0 Å². The molecule has 0 aromatic rings. The van der Waals surface area contributed by atoms with E-state index in [-0.39, 0.29) is 17.7 Å². The van der Waals surface area contributed by atoms with Crippen LogP contribution in [0, 0.1) is 5.92 Å². The van der Waals surface area contributed by atoms with Gasteiger partial charge in [0.05, 0.1) is 5.92 Å². The summed E-state index contributed by atoms with van der Waals surface area (Å²) >= 11 is 1.39. The van der Waals surface area contributed by atoms with Crippen molar-refractivity contribution in [2.75, 3.05) is 19.6 Å². The fourth-order valence-electron chi connectivity index (χ4n) is 2.71. The van der Waals surface area contributed by atoms with Crippen molar-refractivity contribution in [1.29, 1.82) is 0 Å². The highest BCUT2D eigenvalue weighted by Crippen LogP contribution is 2.30. The van der Waals surface area contributed by atoms with Crippen molar-refractivity contribution >= 4 is 40.9 Å². The van der Waals surface area contributed by atoms with E-state index in [4.69, 9.17) is 0 Å². The zero-order valence-electron chi connectivity index (χ0n) is 12.5. The van der Waals surface area contributed by atoms with E-state index in [0.29, 0.717) is 12.4 Å². The molecule has 2 unspecified atom stereocenters. The van der Waals surface area contributed by atoms with Crippen LogP contribution in [0.2, 0.25) is 0 Å². The van der Waals surface area contributed by atoms with Gasteiger partial charge in [0, 0.05) is 19.6 Å². The van der Waals surface area contributed by atoms with Gasteiger partial charge in [-0.15, -0.1) is 0 Å². The van der Waals surface area contributed by atoms with Gasteiger partial charge in [0.1, 0.15) is 6.34 Å². The number of nitrogens with one attached hydrogen (secondary N) is 1. The first-order valence-electron chi connectivity index (χ1n) is 7.61. The zero-order valence-corrected chi connectivity index (χ0v) is 13.3.